The maximum atomic E-state index is 12.7. The van der Waals surface area contributed by atoms with E-state index in [4.69, 9.17) is 5.26 Å². The lowest BCUT2D eigenvalue weighted by Gasteiger charge is -2.42. The Balaban J connectivity index is 1.61. The van der Waals surface area contributed by atoms with Gasteiger partial charge in [0.2, 0.25) is 5.91 Å². The van der Waals surface area contributed by atoms with Gasteiger partial charge in [-0.15, -0.1) is 0 Å². The molecule has 2 amide bonds. The van der Waals surface area contributed by atoms with Gasteiger partial charge >= 0.3 is 6.18 Å². The summed E-state index contributed by atoms with van der Waals surface area (Å²) in [6, 6.07) is 8.01. The SMILES string of the molecule is N#Cc1ccccc1C(=O)N1CCN([C@@H]2CCCN(CC(F)(F)F)C2=O)CC1. The molecule has 2 aliphatic heterocycles. The minimum Gasteiger partial charge on any atom is -0.336 e. The molecule has 150 valence electrons. The topological polar surface area (TPSA) is 67.7 Å². The Kier molecular flexibility index (Phi) is 5.89. The summed E-state index contributed by atoms with van der Waals surface area (Å²) in [7, 11) is 0. The normalized spacial score (nSPS) is 21.5. The van der Waals surface area contributed by atoms with Gasteiger partial charge in [-0.2, -0.15) is 18.4 Å². The second-order valence-electron chi connectivity index (χ2n) is 7.02. The highest BCUT2D eigenvalue weighted by atomic mass is 19.4. The van der Waals surface area contributed by atoms with Crippen LogP contribution in [0.25, 0.3) is 0 Å². The van der Waals surface area contributed by atoms with E-state index in [0.29, 0.717) is 50.1 Å². The summed E-state index contributed by atoms with van der Waals surface area (Å²) < 4.78 is 38.0. The van der Waals surface area contributed by atoms with Gasteiger partial charge in [-0.3, -0.25) is 14.5 Å². The second-order valence-corrected chi connectivity index (χ2v) is 7.02. The first-order valence-corrected chi connectivity index (χ1v) is 9.18. The van der Waals surface area contributed by atoms with E-state index in [1.165, 1.54) is 0 Å². The Hall–Kier alpha value is -2.60. The van der Waals surface area contributed by atoms with Crippen LogP contribution in [0.5, 0.6) is 0 Å². The third-order valence-corrected chi connectivity index (χ3v) is 5.19. The van der Waals surface area contributed by atoms with Crippen molar-refractivity contribution in [3.8, 4) is 6.07 Å². The quantitative estimate of drug-likeness (QED) is 0.785. The molecule has 0 bridgehead atoms. The minimum absolute atomic E-state index is 0.123. The number of rotatable bonds is 3. The Morgan fingerprint density at radius 3 is 2.46 bits per heavy atom. The second kappa shape index (κ2) is 8.19. The van der Waals surface area contributed by atoms with Gasteiger partial charge < -0.3 is 9.80 Å². The number of carbonyl (C=O) groups excluding carboxylic acids is 2. The Labute approximate surface area is 161 Å². The third-order valence-electron chi connectivity index (χ3n) is 5.19. The number of carbonyl (C=O) groups is 2. The van der Waals surface area contributed by atoms with Crippen molar-refractivity contribution < 1.29 is 22.8 Å². The van der Waals surface area contributed by atoms with Crippen LogP contribution in [-0.2, 0) is 4.79 Å². The molecule has 9 heteroatoms. The predicted molar refractivity (Wildman–Crippen MR) is 94.3 cm³/mol. The van der Waals surface area contributed by atoms with Gasteiger partial charge in [-0.05, 0) is 25.0 Å². The fourth-order valence-electron chi connectivity index (χ4n) is 3.81. The molecule has 0 saturated carbocycles. The van der Waals surface area contributed by atoms with Crippen LogP contribution in [-0.4, -0.2) is 78.0 Å². The van der Waals surface area contributed by atoms with Crippen LogP contribution in [0.15, 0.2) is 24.3 Å². The number of hydrogen-bond acceptors (Lipinski definition) is 4. The van der Waals surface area contributed by atoms with Gasteiger partial charge in [0.1, 0.15) is 6.54 Å². The number of nitriles is 1. The van der Waals surface area contributed by atoms with Gasteiger partial charge in [0.25, 0.3) is 5.91 Å². The number of piperidine rings is 1. The lowest BCUT2D eigenvalue weighted by Crippen LogP contribution is -2.59. The zero-order valence-corrected chi connectivity index (χ0v) is 15.3. The number of likely N-dealkylation sites (tertiary alicyclic amines) is 1. The van der Waals surface area contributed by atoms with Crippen molar-refractivity contribution in [2.24, 2.45) is 0 Å². The highest BCUT2D eigenvalue weighted by molar-refractivity contribution is 5.96. The number of amides is 2. The van der Waals surface area contributed by atoms with Gasteiger partial charge in [0.05, 0.1) is 23.2 Å². The van der Waals surface area contributed by atoms with Crippen molar-refractivity contribution in [1.29, 1.82) is 5.26 Å². The summed E-state index contributed by atoms with van der Waals surface area (Å²) in [4.78, 5) is 29.6. The smallest absolute Gasteiger partial charge is 0.336 e. The van der Waals surface area contributed by atoms with Crippen molar-refractivity contribution in [2.75, 3.05) is 39.3 Å². The maximum Gasteiger partial charge on any atom is 0.406 e. The number of halogens is 3. The summed E-state index contributed by atoms with van der Waals surface area (Å²) in [5.74, 6) is -0.733. The zero-order valence-electron chi connectivity index (χ0n) is 15.3. The van der Waals surface area contributed by atoms with E-state index in [0.717, 1.165) is 4.90 Å². The molecule has 3 rings (SSSR count). The number of alkyl halides is 3. The van der Waals surface area contributed by atoms with E-state index in [9.17, 15) is 22.8 Å². The lowest BCUT2D eigenvalue weighted by molar-refractivity contribution is -0.168. The standard InChI is InChI=1S/C19H21F3N4O2/c20-19(21,22)13-26-7-3-6-16(18(26)28)24-8-10-25(11-9-24)17(27)15-5-2-1-4-14(15)12-23/h1-2,4-5,16H,3,6-11,13H2/t16-/m1/s1. The molecule has 0 aromatic heterocycles. The van der Waals surface area contributed by atoms with Crippen molar-refractivity contribution >= 4 is 11.8 Å². The monoisotopic (exact) mass is 394 g/mol. The van der Waals surface area contributed by atoms with Crippen LogP contribution < -0.4 is 0 Å². The highest BCUT2D eigenvalue weighted by Gasteiger charge is 2.40. The van der Waals surface area contributed by atoms with Crippen LogP contribution in [0, 0.1) is 11.3 Å². The summed E-state index contributed by atoms with van der Waals surface area (Å²) in [6.45, 7) is 0.459. The van der Waals surface area contributed by atoms with Gasteiger partial charge in [-0.1, -0.05) is 12.1 Å². The molecule has 28 heavy (non-hydrogen) atoms. The number of nitrogens with zero attached hydrogens (tertiary/aromatic N) is 4. The molecule has 6 nitrogen and oxygen atoms in total. The molecule has 1 aromatic carbocycles. The Morgan fingerprint density at radius 1 is 1.14 bits per heavy atom. The minimum atomic E-state index is -4.41. The molecular formula is C19H21F3N4O2. The molecule has 0 unspecified atom stereocenters. The summed E-state index contributed by atoms with van der Waals surface area (Å²) >= 11 is 0. The first-order chi connectivity index (χ1) is 13.3. The van der Waals surface area contributed by atoms with Crippen molar-refractivity contribution in [3.63, 3.8) is 0 Å². The number of hydrogen-bond donors (Lipinski definition) is 0. The average molecular weight is 394 g/mol. The fraction of sp³-hybridized carbons (Fsp3) is 0.526. The van der Waals surface area contributed by atoms with E-state index >= 15 is 0 Å². The van der Waals surface area contributed by atoms with Crippen molar-refractivity contribution in [1.82, 2.24) is 14.7 Å². The molecule has 2 fully saturated rings. The van der Waals surface area contributed by atoms with E-state index in [-0.39, 0.29) is 12.5 Å². The van der Waals surface area contributed by atoms with Crippen LogP contribution in [0.4, 0.5) is 13.2 Å². The summed E-state index contributed by atoms with van der Waals surface area (Å²) in [6.07, 6.45) is -3.35. The lowest BCUT2D eigenvalue weighted by atomic mass is 10.0. The van der Waals surface area contributed by atoms with Gasteiger partial charge in [-0.25, -0.2) is 0 Å². The fourth-order valence-corrected chi connectivity index (χ4v) is 3.81. The van der Waals surface area contributed by atoms with Crippen molar-refractivity contribution in [3.05, 3.63) is 35.4 Å². The van der Waals surface area contributed by atoms with Crippen LogP contribution in [0.1, 0.15) is 28.8 Å². The Morgan fingerprint density at radius 2 is 1.82 bits per heavy atom. The Bertz CT molecular complexity index is 782. The third kappa shape index (κ3) is 4.44. The molecule has 0 aliphatic carbocycles. The van der Waals surface area contributed by atoms with Gasteiger partial charge in [0, 0.05) is 32.7 Å². The average Bonchev–Trinajstić information content (AvgIpc) is 2.68. The predicted octanol–water partition coefficient (Wildman–Crippen LogP) is 1.87. The van der Waals surface area contributed by atoms with E-state index in [2.05, 4.69) is 0 Å². The first kappa shape index (κ1) is 20.1. The van der Waals surface area contributed by atoms with Crippen LogP contribution in [0.2, 0.25) is 0 Å². The molecular weight excluding hydrogens is 373 g/mol. The van der Waals surface area contributed by atoms with Crippen LogP contribution in [0.3, 0.4) is 0 Å². The van der Waals surface area contributed by atoms with Gasteiger partial charge in [0.15, 0.2) is 0 Å². The first-order valence-electron chi connectivity index (χ1n) is 9.18. The summed E-state index contributed by atoms with van der Waals surface area (Å²) in [5, 5.41) is 9.16. The maximum absolute atomic E-state index is 12.7. The number of piperazine rings is 1. The molecule has 2 saturated heterocycles. The molecule has 0 spiro atoms. The van der Waals surface area contributed by atoms with E-state index in [1.54, 1.807) is 29.2 Å². The van der Waals surface area contributed by atoms with E-state index < -0.39 is 24.7 Å². The van der Waals surface area contributed by atoms with Crippen LogP contribution >= 0.6 is 0 Å². The molecule has 2 aliphatic rings. The molecule has 1 atom stereocenters. The zero-order chi connectivity index (χ0) is 20.3. The highest BCUT2D eigenvalue weighted by Crippen LogP contribution is 2.24. The number of benzene rings is 1. The molecule has 0 N–H and O–H groups in total. The van der Waals surface area contributed by atoms with E-state index in [1.807, 2.05) is 11.0 Å². The largest absolute Gasteiger partial charge is 0.406 e. The molecule has 0 radical (unpaired) electrons. The molecule has 1 aromatic rings. The molecule has 2 heterocycles. The van der Waals surface area contributed by atoms with Crippen molar-refractivity contribution in [2.45, 2.75) is 25.1 Å². The summed E-state index contributed by atoms with van der Waals surface area (Å²) in [5.41, 5.74) is 0.642.